The van der Waals surface area contributed by atoms with Gasteiger partial charge in [0.1, 0.15) is 0 Å². The number of para-hydroxylation sites is 1. The number of benzene rings is 2. The summed E-state index contributed by atoms with van der Waals surface area (Å²) >= 11 is 0. The molecular formula is C24H26N4O2. The largest absolute Gasteiger partial charge is 0.372 e. The molecule has 154 valence electrons. The Balaban J connectivity index is 1.28. The minimum atomic E-state index is -0.0754. The van der Waals surface area contributed by atoms with E-state index < -0.39 is 0 Å². The maximum absolute atomic E-state index is 12.5. The van der Waals surface area contributed by atoms with Crippen molar-refractivity contribution < 1.29 is 9.32 Å². The van der Waals surface area contributed by atoms with Crippen molar-refractivity contribution in [2.75, 3.05) is 29.4 Å². The summed E-state index contributed by atoms with van der Waals surface area (Å²) in [5.74, 6) is 1.94. The molecule has 30 heavy (non-hydrogen) atoms. The number of rotatable bonds is 4. The van der Waals surface area contributed by atoms with Crippen LogP contribution in [0.25, 0.3) is 11.4 Å². The van der Waals surface area contributed by atoms with Gasteiger partial charge in [-0.1, -0.05) is 30.3 Å². The number of piperidine rings is 1. The Morgan fingerprint density at radius 1 is 0.967 bits per heavy atom. The highest BCUT2D eigenvalue weighted by Crippen LogP contribution is 2.32. The fourth-order valence-corrected chi connectivity index (χ4v) is 4.34. The summed E-state index contributed by atoms with van der Waals surface area (Å²) in [6, 6.07) is 18.1. The zero-order valence-electron chi connectivity index (χ0n) is 17.2. The molecule has 2 aliphatic rings. The molecule has 3 heterocycles. The van der Waals surface area contributed by atoms with Gasteiger partial charge in [-0.15, -0.1) is 0 Å². The quantitative estimate of drug-likeness (QED) is 0.643. The predicted molar refractivity (Wildman–Crippen MR) is 116 cm³/mol. The molecule has 6 heteroatoms. The molecule has 1 unspecified atom stereocenters. The zero-order valence-corrected chi connectivity index (χ0v) is 17.2. The molecule has 3 aromatic rings. The van der Waals surface area contributed by atoms with E-state index in [0.29, 0.717) is 24.7 Å². The number of nitrogens with zero attached hydrogens (tertiary/aromatic N) is 4. The van der Waals surface area contributed by atoms with Crippen molar-refractivity contribution in [3.63, 3.8) is 0 Å². The Morgan fingerprint density at radius 2 is 1.70 bits per heavy atom. The predicted octanol–water partition coefficient (Wildman–Crippen LogP) is 4.49. The molecule has 0 N–H and O–H groups in total. The van der Waals surface area contributed by atoms with Crippen LogP contribution in [0.5, 0.6) is 0 Å². The van der Waals surface area contributed by atoms with Gasteiger partial charge in [-0.2, -0.15) is 4.98 Å². The summed E-state index contributed by atoms with van der Waals surface area (Å²) in [6.07, 6.45) is 2.88. The maximum atomic E-state index is 12.5. The first-order chi connectivity index (χ1) is 14.7. The van der Waals surface area contributed by atoms with E-state index in [9.17, 15) is 4.79 Å². The van der Waals surface area contributed by atoms with Crippen molar-refractivity contribution in [2.24, 2.45) is 5.92 Å². The van der Waals surface area contributed by atoms with Crippen LogP contribution in [0.3, 0.4) is 0 Å². The summed E-state index contributed by atoms with van der Waals surface area (Å²) in [5, 5.41) is 4.18. The monoisotopic (exact) mass is 402 g/mol. The third-order valence-electron chi connectivity index (χ3n) is 6.26. The minimum Gasteiger partial charge on any atom is -0.372 e. The number of hydrogen-bond donors (Lipinski definition) is 0. The van der Waals surface area contributed by atoms with Gasteiger partial charge in [-0.05, 0) is 55.2 Å². The van der Waals surface area contributed by atoms with Crippen molar-refractivity contribution >= 4 is 17.3 Å². The van der Waals surface area contributed by atoms with Gasteiger partial charge >= 0.3 is 0 Å². The van der Waals surface area contributed by atoms with E-state index in [2.05, 4.69) is 46.2 Å². The molecule has 6 nitrogen and oxygen atoms in total. The van der Waals surface area contributed by atoms with Gasteiger partial charge < -0.3 is 14.3 Å². The minimum absolute atomic E-state index is 0.0754. The van der Waals surface area contributed by atoms with E-state index in [1.807, 2.05) is 30.3 Å². The van der Waals surface area contributed by atoms with Crippen LogP contribution in [0, 0.1) is 5.92 Å². The Bertz CT molecular complexity index is 1010. The lowest BCUT2D eigenvalue weighted by Crippen LogP contribution is -2.32. The van der Waals surface area contributed by atoms with Gasteiger partial charge in [0.15, 0.2) is 0 Å². The van der Waals surface area contributed by atoms with Crippen LogP contribution >= 0.6 is 0 Å². The lowest BCUT2D eigenvalue weighted by atomic mass is 9.98. The molecule has 1 amide bonds. The van der Waals surface area contributed by atoms with Crippen molar-refractivity contribution in [1.82, 2.24) is 10.1 Å². The molecule has 0 bridgehead atoms. The second kappa shape index (κ2) is 7.94. The molecule has 1 aromatic heterocycles. The van der Waals surface area contributed by atoms with E-state index in [1.165, 1.54) is 18.5 Å². The van der Waals surface area contributed by atoms with Crippen LogP contribution in [0.15, 0.2) is 59.1 Å². The number of aromatic nitrogens is 2. The van der Waals surface area contributed by atoms with Crippen LogP contribution in [0.4, 0.5) is 11.4 Å². The van der Waals surface area contributed by atoms with Gasteiger partial charge in [-0.3, -0.25) is 4.79 Å². The van der Waals surface area contributed by atoms with E-state index >= 15 is 0 Å². The normalized spacial score (nSPS) is 20.2. The van der Waals surface area contributed by atoms with E-state index in [1.54, 1.807) is 4.90 Å². The molecule has 0 radical (unpaired) electrons. The van der Waals surface area contributed by atoms with Crippen molar-refractivity contribution in [2.45, 2.75) is 32.1 Å². The molecule has 0 saturated carbocycles. The van der Waals surface area contributed by atoms with Crippen LogP contribution in [0.1, 0.15) is 38.0 Å². The Kier molecular flexibility index (Phi) is 4.99. The molecule has 2 saturated heterocycles. The van der Waals surface area contributed by atoms with Crippen molar-refractivity contribution in [3.8, 4) is 11.4 Å². The first-order valence-corrected chi connectivity index (χ1v) is 10.7. The third-order valence-corrected chi connectivity index (χ3v) is 6.26. The average Bonchev–Trinajstić information content (AvgIpc) is 3.42. The van der Waals surface area contributed by atoms with Crippen molar-refractivity contribution in [1.29, 1.82) is 0 Å². The highest BCUT2D eigenvalue weighted by molar-refractivity contribution is 5.96. The van der Waals surface area contributed by atoms with Crippen LogP contribution in [0.2, 0.25) is 0 Å². The molecule has 5 rings (SSSR count). The Labute approximate surface area is 176 Å². The van der Waals surface area contributed by atoms with E-state index in [4.69, 9.17) is 4.52 Å². The van der Waals surface area contributed by atoms with Crippen LogP contribution < -0.4 is 9.80 Å². The van der Waals surface area contributed by atoms with Gasteiger partial charge in [-0.25, -0.2) is 0 Å². The Hall–Kier alpha value is -3.15. The summed E-state index contributed by atoms with van der Waals surface area (Å²) in [7, 11) is 0. The number of amides is 1. The smallest absolute Gasteiger partial charge is 0.232 e. The number of carbonyl (C=O) groups is 1. The first kappa shape index (κ1) is 18.9. The van der Waals surface area contributed by atoms with Crippen LogP contribution in [-0.2, 0) is 4.79 Å². The van der Waals surface area contributed by atoms with Gasteiger partial charge in [0.2, 0.25) is 17.6 Å². The standard InChI is InChI=1S/C24H26N4O2/c1-17-11-13-27(14-12-17)20-9-7-18(8-10-20)23-25-24(30-26-23)19-15-22(29)28(16-19)21-5-3-2-4-6-21/h2-10,17,19H,11-16H2,1H3. The van der Waals surface area contributed by atoms with Crippen molar-refractivity contribution in [3.05, 3.63) is 60.5 Å². The molecule has 2 fully saturated rings. The zero-order chi connectivity index (χ0) is 20.5. The molecular weight excluding hydrogens is 376 g/mol. The highest BCUT2D eigenvalue weighted by atomic mass is 16.5. The Morgan fingerprint density at radius 3 is 2.43 bits per heavy atom. The molecule has 2 aromatic carbocycles. The third kappa shape index (κ3) is 3.70. The summed E-state index contributed by atoms with van der Waals surface area (Å²) in [6.45, 7) is 5.11. The molecule has 0 aliphatic carbocycles. The lowest BCUT2D eigenvalue weighted by molar-refractivity contribution is -0.117. The topological polar surface area (TPSA) is 62.5 Å². The fraction of sp³-hybridized carbons (Fsp3) is 0.375. The maximum Gasteiger partial charge on any atom is 0.232 e. The summed E-state index contributed by atoms with van der Waals surface area (Å²) < 4.78 is 5.54. The average molecular weight is 402 g/mol. The SMILES string of the molecule is CC1CCN(c2ccc(-c3noc(C4CC(=O)N(c5ccccc5)C4)n3)cc2)CC1. The number of hydrogen-bond acceptors (Lipinski definition) is 5. The number of anilines is 2. The second-order valence-electron chi connectivity index (χ2n) is 8.41. The molecule has 1 atom stereocenters. The highest BCUT2D eigenvalue weighted by Gasteiger charge is 2.35. The lowest BCUT2D eigenvalue weighted by Gasteiger charge is -2.32. The van der Waals surface area contributed by atoms with E-state index in [0.717, 1.165) is 30.3 Å². The van der Waals surface area contributed by atoms with Gasteiger partial charge in [0.25, 0.3) is 0 Å². The van der Waals surface area contributed by atoms with Crippen LogP contribution in [-0.4, -0.2) is 35.7 Å². The summed E-state index contributed by atoms with van der Waals surface area (Å²) in [5.41, 5.74) is 3.09. The van der Waals surface area contributed by atoms with Gasteiger partial charge in [0, 0.05) is 43.0 Å². The number of carbonyl (C=O) groups excluding carboxylic acids is 1. The molecule has 0 spiro atoms. The van der Waals surface area contributed by atoms with E-state index in [-0.39, 0.29) is 11.8 Å². The summed E-state index contributed by atoms with van der Waals surface area (Å²) in [4.78, 5) is 21.3. The first-order valence-electron chi connectivity index (χ1n) is 10.7. The fourth-order valence-electron chi connectivity index (χ4n) is 4.34. The molecule has 2 aliphatic heterocycles. The van der Waals surface area contributed by atoms with Gasteiger partial charge in [0.05, 0.1) is 5.92 Å². The second-order valence-corrected chi connectivity index (χ2v) is 8.41.